The van der Waals surface area contributed by atoms with E-state index >= 15 is 0 Å². The number of hydrogen-bond acceptors (Lipinski definition) is 5. The van der Waals surface area contributed by atoms with Gasteiger partial charge in [-0.3, -0.25) is 15.0 Å². The summed E-state index contributed by atoms with van der Waals surface area (Å²) in [5, 5.41) is 4.88. The molecular formula is C19H36N4O4. The first-order chi connectivity index (χ1) is 12.5. The number of carbonyl (C=O) groups excluding carboxylic acids is 3. The molecule has 2 N–H and O–H groups in total. The third kappa shape index (κ3) is 9.08. The van der Waals surface area contributed by atoms with Gasteiger partial charge in [-0.25, -0.2) is 9.59 Å². The van der Waals surface area contributed by atoms with Crippen LogP contribution in [0.5, 0.6) is 0 Å². The minimum atomic E-state index is -0.528. The lowest BCUT2D eigenvalue weighted by atomic mass is 9.97. The third-order valence-corrected chi connectivity index (χ3v) is 4.27. The van der Waals surface area contributed by atoms with E-state index in [1.807, 2.05) is 39.5 Å². The van der Waals surface area contributed by atoms with E-state index in [4.69, 9.17) is 4.74 Å². The highest BCUT2D eigenvalue weighted by Crippen LogP contribution is 2.20. The Morgan fingerprint density at radius 2 is 1.93 bits per heavy atom. The number of rotatable bonds is 6. The molecule has 1 aliphatic rings. The molecule has 0 bridgehead atoms. The van der Waals surface area contributed by atoms with Crippen molar-refractivity contribution in [3.8, 4) is 0 Å². The molecule has 1 rings (SSSR count). The average Bonchev–Trinajstić information content (AvgIpc) is 2.50. The number of carbonyl (C=O) groups is 3. The van der Waals surface area contributed by atoms with Gasteiger partial charge in [-0.15, -0.1) is 0 Å². The van der Waals surface area contributed by atoms with Crippen molar-refractivity contribution < 1.29 is 19.1 Å². The van der Waals surface area contributed by atoms with Crippen LogP contribution in [0.3, 0.4) is 0 Å². The van der Waals surface area contributed by atoms with Crippen molar-refractivity contribution in [3.63, 3.8) is 0 Å². The van der Waals surface area contributed by atoms with Crippen molar-refractivity contribution in [3.05, 3.63) is 0 Å². The van der Waals surface area contributed by atoms with Crippen LogP contribution in [0.15, 0.2) is 0 Å². The molecule has 27 heavy (non-hydrogen) atoms. The van der Waals surface area contributed by atoms with Gasteiger partial charge in [0.05, 0.1) is 6.54 Å². The van der Waals surface area contributed by atoms with Gasteiger partial charge >= 0.3 is 12.1 Å². The van der Waals surface area contributed by atoms with Gasteiger partial charge in [-0.05, 0) is 66.8 Å². The number of ether oxygens (including phenoxy) is 1. The Labute approximate surface area is 163 Å². The van der Waals surface area contributed by atoms with E-state index in [1.54, 1.807) is 11.8 Å². The Morgan fingerprint density at radius 3 is 2.48 bits per heavy atom. The van der Waals surface area contributed by atoms with Crippen LogP contribution < -0.4 is 10.6 Å². The standard InChI is InChI=1S/C19H36N4O4/c1-7-20-17(25)21-16(24)13-22-10-8-9-15(11-22)12-23(14(2)3)18(26)27-19(4,5)6/h14-15H,7-13H2,1-6H3,(H2,20,21,24,25)/t15-/m0/s1. The third-order valence-electron chi connectivity index (χ3n) is 4.27. The van der Waals surface area contributed by atoms with Gasteiger partial charge in [-0.2, -0.15) is 0 Å². The summed E-state index contributed by atoms with van der Waals surface area (Å²) in [5.74, 6) is -0.0413. The molecule has 0 spiro atoms. The van der Waals surface area contributed by atoms with E-state index in [-0.39, 0.29) is 30.5 Å². The van der Waals surface area contributed by atoms with E-state index in [0.29, 0.717) is 13.1 Å². The van der Waals surface area contributed by atoms with Gasteiger partial charge in [0.15, 0.2) is 0 Å². The van der Waals surface area contributed by atoms with Gasteiger partial charge in [0.1, 0.15) is 5.60 Å². The summed E-state index contributed by atoms with van der Waals surface area (Å²) < 4.78 is 5.53. The molecule has 0 saturated carbocycles. The molecule has 8 heteroatoms. The topological polar surface area (TPSA) is 91.0 Å². The maximum absolute atomic E-state index is 12.5. The van der Waals surface area contributed by atoms with E-state index < -0.39 is 11.6 Å². The number of nitrogens with one attached hydrogen (secondary N) is 2. The number of urea groups is 1. The van der Waals surface area contributed by atoms with E-state index in [1.165, 1.54) is 0 Å². The fourth-order valence-electron chi connectivity index (χ4n) is 3.11. The molecule has 8 nitrogen and oxygen atoms in total. The van der Waals surface area contributed by atoms with Crippen LogP contribution in [-0.2, 0) is 9.53 Å². The largest absolute Gasteiger partial charge is 0.444 e. The van der Waals surface area contributed by atoms with Crippen LogP contribution in [-0.4, -0.2) is 72.2 Å². The Morgan fingerprint density at radius 1 is 1.26 bits per heavy atom. The normalized spacial score (nSPS) is 18.1. The lowest BCUT2D eigenvalue weighted by Crippen LogP contribution is -2.49. The van der Waals surface area contributed by atoms with Gasteiger partial charge in [0.25, 0.3) is 0 Å². The Hall–Kier alpha value is -1.83. The Kier molecular flexibility index (Phi) is 9.02. The Bertz CT molecular complexity index is 516. The highest BCUT2D eigenvalue weighted by molar-refractivity contribution is 5.95. The number of nitrogens with zero attached hydrogens (tertiary/aromatic N) is 2. The number of amides is 4. The van der Waals surface area contributed by atoms with Crippen molar-refractivity contribution in [2.24, 2.45) is 5.92 Å². The first-order valence-corrected chi connectivity index (χ1v) is 9.81. The molecule has 1 heterocycles. The second kappa shape index (κ2) is 10.5. The van der Waals surface area contributed by atoms with Crippen molar-refractivity contribution in [1.82, 2.24) is 20.4 Å². The summed E-state index contributed by atoms with van der Waals surface area (Å²) in [4.78, 5) is 39.7. The zero-order valence-corrected chi connectivity index (χ0v) is 17.6. The maximum Gasteiger partial charge on any atom is 0.410 e. The predicted molar refractivity (Wildman–Crippen MR) is 104 cm³/mol. The number of hydrogen-bond donors (Lipinski definition) is 2. The van der Waals surface area contributed by atoms with Crippen molar-refractivity contribution in [1.29, 1.82) is 0 Å². The van der Waals surface area contributed by atoms with E-state index in [0.717, 1.165) is 25.9 Å². The lowest BCUT2D eigenvalue weighted by Gasteiger charge is -2.37. The number of piperidine rings is 1. The van der Waals surface area contributed by atoms with Crippen LogP contribution in [0.4, 0.5) is 9.59 Å². The van der Waals surface area contributed by atoms with Gasteiger partial charge < -0.3 is 15.0 Å². The molecule has 156 valence electrons. The van der Waals surface area contributed by atoms with Gasteiger partial charge in [0, 0.05) is 25.7 Å². The summed E-state index contributed by atoms with van der Waals surface area (Å²) in [6.07, 6.45) is 1.66. The monoisotopic (exact) mass is 384 g/mol. The first kappa shape index (κ1) is 23.2. The number of imide groups is 1. The van der Waals surface area contributed by atoms with Crippen molar-refractivity contribution >= 4 is 18.0 Å². The van der Waals surface area contributed by atoms with Crippen molar-refractivity contribution in [2.75, 3.05) is 32.7 Å². The van der Waals surface area contributed by atoms with E-state index in [2.05, 4.69) is 10.6 Å². The lowest BCUT2D eigenvalue weighted by molar-refractivity contribution is -0.121. The molecular weight excluding hydrogens is 348 g/mol. The predicted octanol–water partition coefficient (Wildman–Crippen LogP) is 2.19. The van der Waals surface area contributed by atoms with Crippen LogP contribution >= 0.6 is 0 Å². The molecule has 0 unspecified atom stereocenters. The van der Waals surface area contributed by atoms with Gasteiger partial charge in [0.2, 0.25) is 5.91 Å². The SMILES string of the molecule is CCNC(=O)NC(=O)CN1CCC[C@H](CN(C(=O)OC(C)(C)C)C(C)C)C1. The molecule has 0 aliphatic carbocycles. The molecule has 1 saturated heterocycles. The summed E-state index contributed by atoms with van der Waals surface area (Å²) in [7, 11) is 0. The molecule has 1 fully saturated rings. The zero-order valence-electron chi connectivity index (χ0n) is 17.6. The molecule has 0 radical (unpaired) electrons. The summed E-state index contributed by atoms with van der Waals surface area (Å²) in [6.45, 7) is 14.1. The maximum atomic E-state index is 12.5. The Balaban J connectivity index is 2.58. The molecule has 0 aromatic rings. The first-order valence-electron chi connectivity index (χ1n) is 9.81. The summed E-state index contributed by atoms with van der Waals surface area (Å²) in [6, 6.07) is -0.428. The van der Waals surface area contributed by atoms with Crippen LogP contribution in [0, 0.1) is 5.92 Å². The second-order valence-electron chi connectivity index (χ2n) is 8.38. The highest BCUT2D eigenvalue weighted by atomic mass is 16.6. The van der Waals surface area contributed by atoms with Crippen LogP contribution in [0.1, 0.15) is 54.4 Å². The minimum Gasteiger partial charge on any atom is -0.444 e. The van der Waals surface area contributed by atoms with E-state index in [9.17, 15) is 14.4 Å². The molecule has 1 atom stereocenters. The quantitative estimate of drug-likeness (QED) is 0.732. The fourth-order valence-corrected chi connectivity index (χ4v) is 3.11. The summed E-state index contributed by atoms with van der Waals surface area (Å²) in [5.41, 5.74) is -0.528. The van der Waals surface area contributed by atoms with Crippen LogP contribution in [0.25, 0.3) is 0 Å². The average molecular weight is 385 g/mol. The van der Waals surface area contributed by atoms with Gasteiger partial charge in [-0.1, -0.05) is 0 Å². The highest BCUT2D eigenvalue weighted by Gasteiger charge is 2.29. The van der Waals surface area contributed by atoms with Crippen molar-refractivity contribution in [2.45, 2.75) is 66.0 Å². The second-order valence-corrected chi connectivity index (χ2v) is 8.38. The fraction of sp³-hybridized carbons (Fsp3) is 0.842. The molecule has 1 aliphatic heterocycles. The van der Waals surface area contributed by atoms with Crippen LogP contribution in [0.2, 0.25) is 0 Å². The number of likely N-dealkylation sites (tertiary alicyclic amines) is 1. The molecule has 4 amide bonds. The smallest absolute Gasteiger partial charge is 0.410 e. The summed E-state index contributed by atoms with van der Waals surface area (Å²) >= 11 is 0. The molecule has 0 aromatic carbocycles. The molecule has 0 aromatic heterocycles. The zero-order chi connectivity index (χ0) is 20.6. The minimum absolute atomic E-state index is 0.0382.